The Hall–Kier alpha value is -2.98. The number of piperidine rings is 1. The van der Waals surface area contributed by atoms with E-state index in [4.69, 9.17) is 4.74 Å². The first-order valence-electron chi connectivity index (χ1n) is 12.2. The van der Waals surface area contributed by atoms with Gasteiger partial charge in [0, 0.05) is 42.9 Å². The van der Waals surface area contributed by atoms with Crippen LogP contribution in [0.15, 0.2) is 12.4 Å². The Morgan fingerprint density at radius 2 is 1.89 bits per heavy atom. The molecule has 1 saturated heterocycles. The van der Waals surface area contributed by atoms with Crippen molar-refractivity contribution < 1.29 is 23.1 Å². The summed E-state index contributed by atoms with van der Waals surface area (Å²) in [6.45, 7) is 12.1. The van der Waals surface area contributed by atoms with Crippen molar-refractivity contribution in [2.45, 2.75) is 84.8 Å². The number of halogens is 2. The molecule has 194 valence electrons. The SMILES string of the molecule is CC.CC1Cc2[nH]nc(C(=O)Nc3cnn(C4CCN(C(=O)OC(C)(C)C)CC4)c3)c2CC1(F)F. The molecule has 0 aromatic carbocycles. The molecule has 11 heteroatoms. The third kappa shape index (κ3) is 6.18. The fourth-order valence-corrected chi connectivity index (χ4v) is 4.25. The van der Waals surface area contributed by atoms with Crippen LogP contribution < -0.4 is 5.32 Å². The Labute approximate surface area is 204 Å². The molecule has 2 aromatic heterocycles. The molecule has 2 amide bonds. The number of nitrogens with zero attached hydrogens (tertiary/aromatic N) is 4. The summed E-state index contributed by atoms with van der Waals surface area (Å²) < 4.78 is 35.5. The molecule has 1 aliphatic heterocycles. The number of carbonyl (C=O) groups is 2. The van der Waals surface area contributed by atoms with Crippen molar-refractivity contribution in [1.29, 1.82) is 0 Å². The molecule has 3 heterocycles. The number of fused-ring (bicyclic) bond motifs is 1. The first kappa shape index (κ1) is 26.6. The number of hydrogen-bond donors (Lipinski definition) is 2. The quantitative estimate of drug-likeness (QED) is 0.636. The van der Waals surface area contributed by atoms with E-state index < -0.39 is 29.8 Å². The van der Waals surface area contributed by atoms with E-state index >= 15 is 0 Å². The molecule has 1 fully saturated rings. The average molecular weight is 495 g/mol. The van der Waals surface area contributed by atoms with Crippen molar-refractivity contribution in [3.63, 3.8) is 0 Å². The van der Waals surface area contributed by atoms with Gasteiger partial charge in [0.15, 0.2) is 5.69 Å². The normalized spacial score (nSPS) is 19.9. The lowest BCUT2D eigenvalue weighted by atomic mass is 9.84. The smallest absolute Gasteiger partial charge is 0.410 e. The molecule has 1 atom stereocenters. The second-order valence-corrected chi connectivity index (χ2v) is 9.93. The van der Waals surface area contributed by atoms with Crippen LogP contribution in [0.3, 0.4) is 0 Å². The summed E-state index contributed by atoms with van der Waals surface area (Å²) in [6.07, 6.45) is 3.97. The van der Waals surface area contributed by atoms with Crippen LogP contribution in [-0.2, 0) is 17.6 Å². The number of amides is 2. The van der Waals surface area contributed by atoms with E-state index in [9.17, 15) is 18.4 Å². The number of aromatic amines is 1. The zero-order valence-corrected chi connectivity index (χ0v) is 21.3. The van der Waals surface area contributed by atoms with Gasteiger partial charge in [-0.3, -0.25) is 14.6 Å². The highest BCUT2D eigenvalue weighted by Crippen LogP contribution is 2.38. The van der Waals surface area contributed by atoms with E-state index in [2.05, 4.69) is 20.6 Å². The molecule has 4 rings (SSSR count). The summed E-state index contributed by atoms with van der Waals surface area (Å²) in [5.41, 5.74) is 0.783. The van der Waals surface area contributed by atoms with Crippen molar-refractivity contribution in [1.82, 2.24) is 24.9 Å². The number of alkyl halides is 2. The number of anilines is 1. The molecule has 1 unspecified atom stereocenters. The van der Waals surface area contributed by atoms with Crippen molar-refractivity contribution >= 4 is 17.7 Å². The fraction of sp³-hybridized carbons (Fsp3) is 0.667. The van der Waals surface area contributed by atoms with Gasteiger partial charge in [0.05, 0.1) is 17.9 Å². The maximum absolute atomic E-state index is 14.2. The third-order valence-electron chi connectivity index (χ3n) is 6.16. The van der Waals surface area contributed by atoms with Gasteiger partial charge in [-0.2, -0.15) is 10.2 Å². The van der Waals surface area contributed by atoms with Crippen LogP contribution >= 0.6 is 0 Å². The van der Waals surface area contributed by atoms with E-state index in [1.165, 1.54) is 13.1 Å². The van der Waals surface area contributed by atoms with Gasteiger partial charge < -0.3 is 15.0 Å². The van der Waals surface area contributed by atoms with Gasteiger partial charge in [-0.15, -0.1) is 0 Å². The molecule has 0 bridgehead atoms. The largest absolute Gasteiger partial charge is 0.444 e. The average Bonchev–Trinajstić information content (AvgIpc) is 3.41. The Bertz CT molecular complexity index is 1030. The minimum absolute atomic E-state index is 0.00464. The summed E-state index contributed by atoms with van der Waals surface area (Å²) in [7, 11) is 0. The fourth-order valence-electron chi connectivity index (χ4n) is 4.25. The van der Waals surface area contributed by atoms with E-state index in [0.29, 0.717) is 37.3 Å². The van der Waals surface area contributed by atoms with Crippen molar-refractivity contribution in [3.05, 3.63) is 29.3 Å². The summed E-state index contributed by atoms with van der Waals surface area (Å²) in [4.78, 5) is 26.6. The minimum atomic E-state index is -2.87. The van der Waals surface area contributed by atoms with Crippen LogP contribution in [0, 0.1) is 5.92 Å². The number of likely N-dealkylation sites (tertiary alicyclic amines) is 1. The maximum Gasteiger partial charge on any atom is 0.410 e. The van der Waals surface area contributed by atoms with E-state index in [1.54, 1.807) is 15.8 Å². The Morgan fingerprint density at radius 3 is 2.51 bits per heavy atom. The number of aromatic nitrogens is 4. The lowest BCUT2D eigenvalue weighted by Crippen LogP contribution is -2.42. The van der Waals surface area contributed by atoms with Gasteiger partial charge in [0.25, 0.3) is 11.8 Å². The summed E-state index contributed by atoms with van der Waals surface area (Å²) >= 11 is 0. The molecule has 0 saturated carbocycles. The number of carbonyl (C=O) groups excluding carboxylic acids is 2. The van der Waals surface area contributed by atoms with E-state index in [0.717, 1.165) is 0 Å². The van der Waals surface area contributed by atoms with Gasteiger partial charge in [0.1, 0.15) is 5.60 Å². The monoisotopic (exact) mass is 494 g/mol. The Balaban J connectivity index is 0.00000167. The number of rotatable bonds is 3. The van der Waals surface area contributed by atoms with E-state index in [1.807, 2.05) is 34.6 Å². The zero-order valence-electron chi connectivity index (χ0n) is 21.3. The molecule has 0 radical (unpaired) electrons. The van der Waals surface area contributed by atoms with Crippen molar-refractivity contribution in [2.24, 2.45) is 5.92 Å². The topological polar surface area (TPSA) is 105 Å². The molecular weight excluding hydrogens is 458 g/mol. The summed E-state index contributed by atoms with van der Waals surface area (Å²) in [5.74, 6) is -4.22. The first-order valence-corrected chi connectivity index (χ1v) is 12.2. The lowest BCUT2D eigenvalue weighted by molar-refractivity contribution is -0.0569. The number of H-pyrrole nitrogens is 1. The van der Waals surface area contributed by atoms with Crippen LogP contribution in [0.4, 0.5) is 19.3 Å². The highest BCUT2D eigenvalue weighted by atomic mass is 19.3. The Kier molecular flexibility index (Phi) is 7.86. The first-order chi connectivity index (χ1) is 16.4. The highest BCUT2D eigenvalue weighted by molar-refractivity contribution is 6.04. The molecule has 1 aliphatic carbocycles. The van der Waals surface area contributed by atoms with Gasteiger partial charge in [0.2, 0.25) is 0 Å². The van der Waals surface area contributed by atoms with Gasteiger partial charge in [-0.05, 0) is 40.0 Å². The van der Waals surface area contributed by atoms with Crippen LogP contribution in [0.1, 0.15) is 82.2 Å². The molecule has 2 aromatic rings. The predicted molar refractivity (Wildman–Crippen MR) is 128 cm³/mol. The second-order valence-electron chi connectivity index (χ2n) is 9.93. The number of hydrogen-bond acceptors (Lipinski definition) is 5. The summed E-state index contributed by atoms with van der Waals surface area (Å²) in [5, 5.41) is 13.8. The minimum Gasteiger partial charge on any atom is -0.444 e. The lowest BCUT2D eigenvalue weighted by Gasteiger charge is -2.33. The standard InChI is InChI=1S/C22H30F2N6O3.C2H6/c1-13-9-17-16(10-22(13,23)24)18(28-27-17)19(31)26-14-11-25-30(12-14)15-5-7-29(8-6-15)20(32)33-21(2,3)4;1-2/h11-13,15H,5-10H2,1-4H3,(H,26,31)(H,27,28);1-2H3. The van der Waals surface area contributed by atoms with Crippen LogP contribution in [0.2, 0.25) is 0 Å². The number of ether oxygens (including phenoxy) is 1. The van der Waals surface area contributed by atoms with Crippen LogP contribution in [0.5, 0.6) is 0 Å². The second kappa shape index (κ2) is 10.3. The van der Waals surface area contributed by atoms with Gasteiger partial charge in [-0.1, -0.05) is 20.8 Å². The zero-order chi connectivity index (χ0) is 26.0. The maximum atomic E-state index is 14.2. The number of nitrogens with one attached hydrogen (secondary N) is 2. The molecule has 2 N–H and O–H groups in total. The van der Waals surface area contributed by atoms with Gasteiger partial charge in [-0.25, -0.2) is 13.6 Å². The van der Waals surface area contributed by atoms with Crippen molar-refractivity contribution in [3.8, 4) is 0 Å². The van der Waals surface area contributed by atoms with Gasteiger partial charge >= 0.3 is 6.09 Å². The third-order valence-corrected chi connectivity index (χ3v) is 6.16. The predicted octanol–water partition coefficient (Wildman–Crippen LogP) is 4.83. The highest BCUT2D eigenvalue weighted by Gasteiger charge is 2.43. The molecule has 9 nitrogen and oxygen atoms in total. The van der Waals surface area contributed by atoms with E-state index in [-0.39, 0.29) is 29.8 Å². The Morgan fingerprint density at radius 1 is 1.23 bits per heavy atom. The van der Waals surface area contributed by atoms with Crippen molar-refractivity contribution in [2.75, 3.05) is 18.4 Å². The van der Waals surface area contributed by atoms with Crippen LogP contribution in [-0.4, -0.2) is 61.5 Å². The summed E-state index contributed by atoms with van der Waals surface area (Å²) in [6, 6.07) is 0.0765. The molecule has 2 aliphatic rings. The van der Waals surface area contributed by atoms with Crippen LogP contribution in [0.25, 0.3) is 0 Å². The molecular formula is C24H36F2N6O3. The molecule has 35 heavy (non-hydrogen) atoms. The molecule has 0 spiro atoms.